The fourth-order valence-corrected chi connectivity index (χ4v) is 1.99. The van der Waals surface area contributed by atoms with Crippen LogP contribution in [0, 0.1) is 5.92 Å². The first kappa shape index (κ1) is 11.5. The SMILES string of the molecule is CCN(O)C(=O)C1CCCCCC1N. The molecule has 1 rings (SSSR count). The van der Waals surface area contributed by atoms with Gasteiger partial charge in [0.05, 0.1) is 5.92 Å². The summed E-state index contributed by atoms with van der Waals surface area (Å²) in [5.41, 5.74) is 5.91. The molecule has 0 spiro atoms. The maximum atomic E-state index is 11.7. The standard InChI is InChI=1S/C10H20N2O2/c1-2-12(14)10(13)8-6-4-3-5-7-9(8)11/h8-9,14H,2-7,11H2,1H3. The van der Waals surface area contributed by atoms with E-state index in [9.17, 15) is 10.0 Å². The van der Waals surface area contributed by atoms with Gasteiger partial charge in [0.2, 0.25) is 0 Å². The highest BCUT2D eigenvalue weighted by Gasteiger charge is 2.29. The molecule has 0 bridgehead atoms. The fraction of sp³-hybridized carbons (Fsp3) is 0.900. The molecular weight excluding hydrogens is 180 g/mol. The van der Waals surface area contributed by atoms with Gasteiger partial charge in [-0.2, -0.15) is 0 Å². The minimum atomic E-state index is -0.207. The lowest BCUT2D eigenvalue weighted by atomic mass is 9.94. The van der Waals surface area contributed by atoms with Gasteiger partial charge in [0, 0.05) is 12.6 Å². The number of hydrogen-bond acceptors (Lipinski definition) is 3. The minimum Gasteiger partial charge on any atom is -0.327 e. The van der Waals surface area contributed by atoms with Gasteiger partial charge in [-0.25, -0.2) is 5.06 Å². The Morgan fingerprint density at radius 3 is 2.71 bits per heavy atom. The average Bonchev–Trinajstić information content (AvgIpc) is 2.40. The van der Waals surface area contributed by atoms with Gasteiger partial charge in [-0.1, -0.05) is 19.3 Å². The van der Waals surface area contributed by atoms with Crippen molar-refractivity contribution in [1.82, 2.24) is 5.06 Å². The molecule has 0 aromatic carbocycles. The van der Waals surface area contributed by atoms with Crippen LogP contribution in [0.25, 0.3) is 0 Å². The summed E-state index contributed by atoms with van der Waals surface area (Å²) >= 11 is 0. The van der Waals surface area contributed by atoms with Crippen LogP contribution in [0.2, 0.25) is 0 Å². The Balaban J connectivity index is 2.58. The highest BCUT2D eigenvalue weighted by Crippen LogP contribution is 2.23. The van der Waals surface area contributed by atoms with E-state index < -0.39 is 0 Å². The first-order valence-electron chi connectivity index (χ1n) is 5.42. The quantitative estimate of drug-likeness (QED) is 0.399. The Labute approximate surface area is 85.0 Å². The molecule has 2 unspecified atom stereocenters. The van der Waals surface area contributed by atoms with Crippen molar-refractivity contribution < 1.29 is 10.0 Å². The summed E-state index contributed by atoms with van der Waals surface area (Å²) < 4.78 is 0. The predicted molar refractivity (Wildman–Crippen MR) is 53.7 cm³/mol. The Morgan fingerprint density at radius 2 is 2.07 bits per heavy atom. The second-order valence-corrected chi connectivity index (χ2v) is 3.96. The van der Waals surface area contributed by atoms with Crippen molar-refractivity contribution in [3.05, 3.63) is 0 Å². The summed E-state index contributed by atoms with van der Waals surface area (Å²) in [6.07, 6.45) is 5.00. The minimum absolute atomic E-state index is 0.0776. The summed E-state index contributed by atoms with van der Waals surface area (Å²) in [5.74, 6) is -0.385. The monoisotopic (exact) mass is 200 g/mol. The van der Waals surface area contributed by atoms with Crippen molar-refractivity contribution in [3.63, 3.8) is 0 Å². The number of carbonyl (C=O) groups is 1. The van der Waals surface area contributed by atoms with Gasteiger partial charge in [0.25, 0.3) is 5.91 Å². The van der Waals surface area contributed by atoms with Gasteiger partial charge >= 0.3 is 0 Å². The zero-order valence-corrected chi connectivity index (χ0v) is 8.78. The van der Waals surface area contributed by atoms with Crippen molar-refractivity contribution in [2.75, 3.05) is 6.54 Å². The lowest BCUT2D eigenvalue weighted by Gasteiger charge is -2.23. The maximum absolute atomic E-state index is 11.7. The normalized spacial score (nSPS) is 28.2. The molecule has 0 radical (unpaired) electrons. The second-order valence-electron chi connectivity index (χ2n) is 3.96. The summed E-state index contributed by atoms with van der Waals surface area (Å²) in [7, 11) is 0. The molecule has 3 N–H and O–H groups in total. The Bertz CT molecular complexity index is 197. The van der Waals surface area contributed by atoms with Crippen LogP contribution in [0.15, 0.2) is 0 Å². The molecule has 4 heteroatoms. The molecule has 14 heavy (non-hydrogen) atoms. The van der Waals surface area contributed by atoms with Gasteiger partial charge < -0.3 is 5.73 Å². The molecule has 0 aromatic heterocycles. The van der Waals surface area contributed by atoms with Crippen LogP contribution in [-0.4, -0.2) is 28.8 Å². The van der Waals surface area contributed by atoms with E-state index in [1.165, 1.54) is 0 Å². The predicted octanol–water partition coefficient (Wildman–Crippen LogP) is 1.13. The summed E-state index contributed by atoms with van der Waals surface area (Å²) in [5, 5.41) is 10.1. The zero-order valence-electron chi connectivity index (χ0n) is 8.78. The summed E-state index contributed by atoms with van der Waals surface area (Å²) in [4.78, 5) is 11.7. The molecule has 0 aliphatic heterocycles. The molecule has 1 aliphatic rings. The molecule has 4 nitrogen and oxygen atoms in total. The summed E-state index contributed by atoms with van der Waals surface area (Å²) in [6.45, 7) is 2.09. The van der Waals surface area contributed by atoms with Crippen molar-refractivity contribution >= 4 is 5.91 Å². The largest absolute Gasteiger partial charge is 0.327 e. The van der Waals surface area contributed by atoms with Gasteiger partial charge in [-0.3, -0.25) is 10.0 Å². The van der Waals surface area contributed by atoms with Crippen molar-refractivity contribution in [2.45, 2.75) is 45.1 Å². The zero-order chi connectivity index (χ0) is 10.6. The molecular formula is C10H20N2O2. The summed E-state index contributed by atoms with van der Waals surface area (Å²) in [6, 6.07) is -0.0776. The smallest absolute Gasteiger partial charge is 0.250 e. The number of nitrogens with zero attached hydrogens (tertiary/aromatic N) is 1. The Kier molecular flexibility index (Phi) is 4.35. The molecule has 1 aliphatic carbocycles. The van der Waals surface area contributed by atoms with Gasteiger partial charge in [-0.15, -0.1) is 0 Å². The van der Waals surface area contributed by atoms with Gasteiger partial charge in [-0.05, 0) is 19.8 Å². The van der Waals surface area contributed by atoms with Crippen molar-refractivity contribution in [1.29, 1.82) is 0 Å². The lowest BCUT2D eigenvalue weighted by molar-refractivity contribution is -0.170. The van der Waals surface area contributed by atoms with Crippen LogP contribution in [0.5, 0.6) is 0 Å². The molecule has 82 valence electrons. The molecule has 0 heterocycles. The van der Waals surface area contributed by atoms with Crippen LogP contribution < -0.4 is 5.73 Å². The third-order valence-corrected chi connectivity index (χ3v) is 2.94. The topological polar surface area (TPSA) is 66.6 Å². The van der Waals surface area contributed by atoms with E-state index >= 15 is 0 Å². The van der Waals surface area contributed by atoms with E-state index in [2.05, 4.69) is 0 Å². The first-order chi connectivity index (χ1) is 6.66. The molecule has 1 fully saturated rings. The van der Waals surface area contributed by atoms with Crippen LogP contribution in [0.1, 0.15) is 39.0 Å². The lowest BCUT2D eigenvalue weighted by Crippen LogP contribution is -2.42. The third kappa shape index (κ3) is 2.69. The van der Waals surface area contributed by atoms with Crippen molar-refractivity contribution in [2.24, 2.45) is 11.7 Å². The fourth-order valence-electron chi connectivity index (χ4n) is 1.99. The molecule has 1 amide bonds. The van der Waals surface area contributed by atoms with Crippen LogP contribution in [0.4, 0.5) is 0 Å². The Morgan fingerprint density at radius 1 is 1.43 bits per heavy atom. The maximum Gasteiger partial charge on any atom is 0.250 e. The van der Waals surface area contributed by atoms with Crippen LogP contribution >= 0.6 is 0 Å². The molecule has 2 atom stereocenters. The number of hydroxylamine groups is 2. The van der Waals surface area contributed by atoms with Gasteiger partial charge in [0.1, 0.15) is 0 Å². The van der Waals surface area contributed by atoms with E-state index in [0.717, 1.165) is 37.2 Å². The number of rotatable bonds is 2. The number of nitrogens with two attached hydrogens (primary N) is 1. The molecule has 0 aromatic rings. The Hall–Kier alpha value is -0.610. The highest BCUT2D eigenvalue weighted by molar-refractivity contribution is 5.78. The van der Waals surface area contributed by atoms with E-state index in [4.69, 9.17) is 5.73 Å². The molecule has 1 saturated carbocycles. The first-order valence-corrected chi connectivity index (χ1v) is 5.42. The van der Waals surface area contributed by atoms with E-state index in [0.29, 0.717) is 6.54 Å². The van der Waals surface area contributed by atoms with Crippen LogP contribution in [0.3, 0.4) is 0 Å². The third-order valence-electron chi connectivity index (χ3n) is 2.94. The average molecular weight is 200 g/mol. The number of hydrogen-bond donors (Lipinski definition) is 2. The second kappa shape index (κ2) is 5.32. The van der Waals surface area contributed by atoms with E-state index in [1.54, 1.807) is 6.92 Å². The number of amides is 1. The molecule has 0 saturated heterocycles. The van der Waals surface area contributed by atoms with E-state index in [1.807, 2.05) is 0 Å². The van der Waals surface area contributed by atoms with Gasteiger partial charge in [0.15, 0.2) is 0 Å². The van der Waals surface area contributed by atoms with E-state index in [-0.39, 0.29) is 17.9 Å². The number of carbonyl (C=O) groups excluding carboxylic acids is 1. The highest BCUT2D eigenvalue weighted by atomic mass is 16.5. The van der Waals surface area contributed by atoms with Crippen molar-refractivity contribution in [3.8, 4) is 0 Å². The van der Waals surface area contributed by atoms with Crippen LogP contribution in [-0.2, 0) is 4.79 Å².